The molecule has 0 bridgehead atoms. The SMILES string of the molecule is O=C(Cn1cnc2nc3c(cc2c1=O)CCCC3)Nc1cccc(C(F)(F)F)c1. The van der Waals surface area contributed by atoms with Gasteiger partial charge in [-0.3, -0.25) is 14.2 Å². The van der Waals surface area contributed by atoms with Crippen LogP contribution in [0, 0.1) is 0 Å². The summed E-state index contributed by atoms with van der Waals surface area (Å²) in [5, 5.41) is 2.72. The van der Waals surface area contributed by atoms with Crippen molar-refractivity contribution >= 4 is 22.6 Å². The Balaban J connectivity index is 1.57. The molecule has 1 N–H and O–H groups in total. The zero-order chi connectivity index (χ0) is 20.6. The van der Waals surface area contributed by atoms with Gasteiger partial charge in [-0.05, 0) is 55.5 Å². The van der Waals surface area contributed by atoms with Gasteiger partial charge in [0.1, 0.15) is 12.9 Å². The summed E-state index contributed by atoms with van der Waals surface area (Å²) in [7, 11) is 0. The van der Waals surface area contributed by atoms with Gasteiger partial charge in [0.25, 0.3) is 5.56 Å². The van der Waals surface area contributed by atoms with Crippen molar-refractivity contribution in [2.24, 2.45) is 0 Å². The third-order valence-electron chi connectivity index (χ3n) is 4.88. The lowest BCUT2D eigenvalue weighted by Gasteiger charge is -2.15. The van der Waals surface area contributed by atoms with Crippen LogP contribution in [-0.4, -0.2) is 20.4 Å². The molecule has 3 aromatic rings. The summed E-state index contributed by atoms with van der Waals surface area (Å²) in [6.07, 6.45) is 0.523. The summed E-state index contributed by atoms with van der Waals surface area (Å²) in [6.45, 7) is -0.366. The highest BCUT2D eigenvalue weighted by atomic mass is 19.4. The average molecular weight is 402 g/mol. The molecule has 1 aromatic carbocycles. The predicted octanol–water partition coefficient (Wildman–Crippen LogP) is 3.33. The largest absolute Gasteiger partial charge is 0.416 e. The molecule has 0 unspecified atom stereocenters. The molecule has 0 saturated heterocycles. The number of rotatable bonds is 3. The number of halogens is 3. The first-order chi connectivity index (χ1) is 13.8. The van der Waals surface area contributed by atoms with E-state index in [9.17, 15) is 22.8 Å². The van der Waals surface area contributed by atoms with Crippen LogP contribution in [0.4, 0.5) is 18.9 Å². The third-order valence-corrected chi connectivity index (χ3v) is 4.88. The third kappa shape index (κ3) is 3.98. The Morgan fingerprint density at radius 1 is 1.17 bits per heavy atom. The lowest BCUT2D eigenvalue weighted by Crippen LogP contribution is -2.28. The van der Waals surface area contributed by atoms with E-state index in [-0.39, 0.29) is 12.2 Å². The first-order valence-electron chi connectivity index (χ1n) is 9.16. The van der Waals surface area contributed by atoms with Crippen molar-refractivity contribution in [2.75, 3.05) is 5.32 Å². The monoisotopic (exact) mass is 402 g/mol. The van der Waals surface area contributed by atoms with Crippen molar-refractivity contribution in [1.82, 2.24) is 14.5 Å². The fraction of sp³-hybridized carbons (Fsp3) is 0.300. The molecule has 4 rings (SSSR count). The van der Waals surface area contributed by atoms with E-state index >= 15 is 0 Å². The highest BCUT2D eigenvalue weighted by Gasteiger charge is 2.30. The zero-order valence-corrected chi connectivity index (χ0v) is 15.3. The van der Waals surface area contributed by atoms with E-state index in [0.717, 1.165) is 53.6 Å². The second-order valence-electron chi connectivity index (χ2n) is 6.98. The number of carbonyl (C=O) groups is 1. The zero-order valence-electron chi connectivity index (χ0n) is 15.3. The fourth-order valence-electron chi connectivity index (χ4n) is 3.45. The summed E-state index contributed by atoms with van der Waals surface area (Å²) in [6, 6.07) is 6.10. The molecule has 0 atom stereocenters. The van der Waals surface area contributed by atoms with Gasteiger partial charge in [-0.2, -0.15) is 13.2 Å². The van der Waals surface area contributed by atoms with E-state index in [1.165, 1.54) is 18.5 Å². The van der Waals surface area contributed by atoms with Crippen LogP contribution in [0.5, 0.6) is 0 Å². The Hall–Kier alpha value is -3.23. The molecule has 6 nitrogen and oxygen atoms in total. The lowest BCUT2D eigenvalue weighted by molar-refractivity contribution is -0.137. The molecule has 1 aliphatic rings. The summed E-state index contributed by atoms with van der Waals surface area (Å²) >= 11 is 0. The summed E-state index contributed by atoms with van der Waals surface area (Å²) < 4.78 is 39.5. The maximum Gasteiger partial charge on any atom is 0.416 e. The molecule has 9 heteroatoms. The first-order valence-corrected chi connectivity index (χ1v) is 9.16. The molecule has 0 fully saturated rings. The van der Waals surface area contributed by atoms with Crippen LogP contribution < -0.4 is 10.9 Å². The molecule has 2 heterocycles. The predicted molar refractivity (Wildman–Crippen MR) is 101 cm³/mol. The summed E-state index contributed by atoms with van der Waals surface area (Å²) in [5.41, 5.74) is 1.04. The second kappa shape index (κ2) is 7.31. The van der Waals surface area contributed by atoms with Gasteiger partial charge in [-0.25, -0.2) is 9.97 Å². The van der Waals surface area contributed by atoms with E-state index in [0.29, 0.717) is 11.0 Å². The van der Waals surface area contributed by atoms with Crippen molar-refractivity contribution in [3.05, 3.63) is 63.8 Å². The van der Waals surface area contributed by atoms with Crippen molar-refractivity contribution < 1.29 is 18.0 Å². The lowest BCUT2D eigenvalue weighted by atomic mass is 9.95. The molecule has 1 aliphatic carbocycles. The van der Waals surface area contributed by atoms with E-state index in [2.05, 4.69) is 15.3 Å². The number of pyridine rings is 1. The van der Waals surface area contributed by atoms with Crippen LogP contribution in [0.3, 0.4) is 0 Å². The number of aromatic nitrogens is 3. The van der Waals surface area contributed by atoms with Gasteiger partial charge in [0.05, 0.1) is 10.9 Å². The molecular formula is C20H17F3N4O2. The molecule has 1 amide bonds. The van der Waals surface area contributed by atoms with Crippen LogP contribution in [0.1, 0.15) is 29.7 Å². The topological polar surface area (TPSA) is 76.9 Å². The number of anilines is 1. The number of amides is 1. The number of fused-ring (bicyclic) bond motifs is 2. The van der Waals surface area contributed by atoms with Crippen LogP contribution >= 0.6 is 0 Å². The van der Waals surface area contributed by atoms with Gasteiger partial charge < -0.3 is 5.32 Å². The van der Waals surface area contributed by atoms with Gasteiger partial charge in [-0.15, -0.1) is 0 Å². The normalized spacial score (nSPS) is 13.9. The fourth-order valence-corrected chi connectivity index (χ4v) is 3.45. The van der Waals surface area contributed by atoms with Crippen LogP contribution in [-0.2, 0) is 30.4 Å². The smallest absolute Gasteiger partial charge is 0.325 e. The molecule has 29 heavy (non-hydrogen) atoms. The van der Waals surface area contributed by atoms with Gasteiger partial charge in [-0.1, -0.05) is 6.07 Å². The Kier molecular flexibility index (Phi) is 4.81. The molecular weight excluding hydrogens is 385 g/mol. The molecule has 0 aliphatic heterocycles. The van der Waals surface area contributed by atoms with Crippen LogP contribution in [0.15, 0.2) is 41.5 Å². The highest BCUT2D eigenvalue weighted by molar-refractivity contribution is 5.90. The summed E-state index contributed by atoms with van der Waals surface area (Å²) in [5.74, 6) is -0.626. The maximum atomic E-state index is 12.8. The number of hydrogen-bond donors (Lipinski definition) is 1. The van der Waals surface area contributed by atoms with Gasteiger partial charge in [0.15, 0.2) is 5.65 Å². The number of nitrogens with one attached hydrogen (secondary N) is 1. The molecule has 0 radical (unpaired) electrons. The minimum Gasteiger partial charge on any atom is -0.325 e. The number of alkyl halides is 3. The Morgan fingerprint density at radius 2 is 1.97 bits per heavy atom. The van der Waals surface area contributed by atoms with E-state index in [1.807, 2.05) is 0 Å². The standard InChI is InChI=1S/C20H17F3N4O2/c21-20(22,23)13-5-3-6-14(9-13)25-17(28)10-27-11-24-18-15(19(27)29)8-12-4-1-2-7-16(12)26-18/h3,5-6,8-9,11H,1-2,4,7,10H2,(H,25,28). The van der Waals surface area contributed by atoms with Gasteiger partial charge >= 0.3 is 6.18 Å². The second-order valence-corrected chi connectivity index (χ2v) is 6.98. The van der Waals surface area contributed by atoms with E-state index in [1.54, 1.807) is 6.07 Å². The number of nitrogens with zero attached hydrogens (tertiary/aromatic N) is 3. The minimum atomic E-state index is -4.51. The quantitative estimate of drug-likeness (QED) is 0.729. The van der Waals surface area contributed by atoms with Crippen LogP contribution in [0.2, 0.25) is 0 Å². The van der Waals surface area contributed by atoms with Gasteiger partial charge in [0.2, 0.25) is 5.91 Å². The number of aryl methyl sites for hydroxylation is 2. The number of hydrogen-bond acceptors (Lipinski definition) is 4. The maximum absolute atomic E-state index is 12.8. The molecule has 2 aromatic heterocycles. The molecule has 0 saturated carbocycles. The van der Waals surface area contributed by atoms with Crippen molar-refractivity contribution in [3.8, 4) is 0 Å². The Morgan fingerprint density at radius 3 is 2.76 bits per heavy atom. The Bertz CT molecular complexity index is 1150. The molecule has 0 spiro atoms. The van der Waals surface area contributed by atoms with Gasteiger partial charge in [0, 0.05) is 11.4 Å². The number of benzene rings is 1. The van der Waals surface area contributed by atoms with E-state index in [4.69, 9.17) is 0 Å². The van der Waals surface area contributed by atoms with Crippen LogP contribution in [0.25, 0.3) is 11.0 Å². The van der Waals surface area contributed by atoms with E-state index < -0.39 is 23.2 Å². The minimum absolute atomic E-state index is 0.00218. The first kappa shape index (κ1) is 19.1. The van der Waals surface area contributed by atoms with Crippen molar-refractivity contribution in [3.63, 3.8) is 0 Å². The number of carbonyl (C=O) groups excluding carboxylic acids is 1. The summed E-state index contributed by atoms with van der Waals surface area (Å²) in [4.78, 5) is 33.7. The highest BCUT2D eigenvalue weighted by Crippen LogP contribution is 2.30. The Labute approximate surface area is 163 Å². The van der Waals surface area contributed by atoms with Crippen molar-refractivity contribution in [1.29, 1.82) is 0 Å². The molecule has 150 valence electrons. The average Bonchev–Trinajstić information content (AvgIpc) is 2.68. The van der Waals surface area contributed by atoms with Crippen molar-refractivity contribution in [2.45, 2.75) is 38.4 Å².